The summed E-state index contributed by atoms with van der Waals surface area (Å²) in [5, 5.41) is 19.8. The zero-order chi connectivity index (χ0) is 8.85. The van der Waals surface area contributed by atoms with Crippen LogP contribution in [-0.2, 0) is 4.79 Å². The number of rotatable bonds is 5. The number of carbonyl (C=O) groups is 1. The third-order valence-corrected chi connectivity index (χ3v) is 2.11. The molecule has 0 bridgehead atoms. The third-order valence-electron chi connectivity index (χ3n) is 1.27. The first-order chi connectivity index (χ1) is 5.11. The summed E-state index contributed by atoms with van der Waals surface area (Å²) in [5.74, 6) is -1.02. The standard InChI is InChI=1S/C6H13NO3S/c1-4(11-2)7-5(3-8)6(9)10/h4-5,7-8H,3H2,1-2H3,(H,9,10). The summed E-state index contributed by atoms with van der Waals surface area (Å²) in [7, 11) is 0. The van der Waals surface area contributed by atoms with Crippen molar-refractivity contribution in [3.63, 3.8) is 0 Å². The molecule has 0 aliphatic carbocycles. The van der Waals surface area contributed by atoms with Crippen molar-refractivity contribution in [2.45, 2.75) is 18.3 Å². The lowest BCUT2D eigenvalue weighted by molar-refractivity contribution is -0.140. The minimum Gasteiger partial charge on any atom is -0.480 e. The number of aliphatic hydroxyl groups is 1. The van der Waals surface area contributed by atoms with Gasteiger partial charge in [-0.2, -0.15) is 0 Å². The average Bonchev–Trinajstić information content (AvgIpc) is 1.99. The van der Waals surface area contributed by atoms with Crippen molar-refractivity contribution < 1.29 is 15.0 Å². The van der Waals surface area contributed by atoms with Gasteiger partial charge in [-0.15, -0.1) is 11.8 Å². The lowest BCUT2D eigenvalue weighted by atomic mass is 10.3. The summed E-state index contributed by atoms with van der Waals surface area (Å²) >= 11 is 1.50. The molecular formula is C6H13NO3S. The number of hydrogen-bond acceptors (Lipinski definition) is 4. The van der Waals surface area contributed by atoms with E-state index < -0.39 is 12.0 Å². The number of aliphatic carboxylic acids is 1. The molecule has 0 heterocycles. The number of hydrogen-bond donors (Lipinski definition) is 3. The van der Waals surface area contributed by atoms with Crippen LogP contribution < -0.4 is 5.32 Å². The highest BCUT2D eigenvalue weighted by Crippen LogP contribution is 2.01. The first-order valence-corrected chi connectivity index (χ1v) is 4.53. The average molecular weight is 179 g/mol. The molecule has 11 heavy (non-hydrogen) atoms. The third kappa shape index (κ3) is 4.23. The fraction of sp³-hybridized carbons (Fsp3) is 0.833. The second-order valence-electron chi connectivity index (χ2n) is 2.12. The zero-order valence-corrected chi connectivity index (χ0v) is 7.39. The van der Waals surface area contributed by atoms with Crippen LogP contribution in [0.25, 0.3) is 0 Å². The molecule has 0 saturated heterocycles. The van der Waals surface area contributed by atoms with Gasteiger partial charge in [0.2, 0.25) is 0 Å². The lowest BCUT2D eigenvalue weighted by Gasteiger charge is -2.15. The fourth-order valence-electron chi connectivity index (χ4n) is 0.553. The highest BCUT2D eigenvalue weighted by molar-refractivity contribution is 7.99. The topological polar surface area (TPSA) is 69.6 Å². The van der Waals surface area contributed by atoms with E-state index in [0.29, 0.717) is 0 Å². The number of thioether (sulfide) groups is 1. The van der Waals surface area contributed by atoms with E-state index >= 15 is 0 Å². The van der Waals surface area contributed by atoms with E-state index in [1.54, 1.807) is 0 Å². The molecule has 5 heteroatoms. The molecule has 0 fully saturated rings. The van der Waals surface area contributed by atoms with Gasteiger partial charge in [0, 0.05) is 0 Å². The first kappa shape index (κ1) is 10.7. The Balaban J connectivity index is 3.77. The minimum absolute atomic E-state index is 0.0447. The van der Waals surface area contributed by atoms with Gasteiger partial charge in [0.25, 0.3) is 0 Å². The van der Waals surface area contributed by atoms with Crippen molar-refractivity contribution in [2.24, 2.45) is 0 Å². The smallest absolute Gasteiger partial charge is 0.323 e. The fourth-order valence-corrected chi connectivity index (χ4v) is 0.854. The predicted molar refractivity (Wildman–Crippen MR) is 44.6 cm³/mol. The number of aliphatic hydroxyl groups excluding tert-OH is 1. The van der Waals surface area contributed by atoms with E-state index in [4.69, 9.17) is 10.2 Å². The van der Waals surface area contributed by atoms with Crippen LogP contribution in [0.4, 0.5) is 0 Å². The number of carboxylic acid groups (broad SMARTS) is 1. The van der Waals surface area contributed by atoms with Gasteiger partial charge >= 0.3 is 5.97 Å². The monoisotopic (exact) mass is 179 g/mol. The van der Waals surface area contributed by atoms with Gasteiger partial charge in [0.15, 0.2) is 0 Å². The molecule has 0 aromatic heterocycles. The summed E-state index contributed by atoms with van der Waals surface area (Å²) in [5.41, 5.74) is 0. The van der Waals surface area contributed by atoms with E-state index in [2.05, 4.69) is 5.32 Å². The Kier molecular flexibility index (Phi) is 5.27. The molecule has 0 rings (SSSR count). The Morgan fingerprint density at radius 3 is 2.55 bits per heavy atom. The molecule has 0 spiro atoms. The van der Waals surface area contributed by atoms with Gasteiger partial charge in [-0.3, -0.25) is 10.1 Å². The number of nitrogens with one attached hydrogen (secondary N) is 1. The van der Waals surface area contributed by atoms with Crippen molar-refractivity contribution in [3.8, 4) is 0 Å². The summed E-state index contributed by atoms with van der Waals surface area (Å²) in [4.78, 5) is 10.4. The first-order valence-electron chi connectivity index (χ1n) is 3.24. The predicted octanol–water partition coefficient (Wildman–Crippen LogP) is -0.270. The molecule has 0 aromatic rings. The van der Waals surface area contributed by atoms with E-state index in [-0.39, 0.29) is 12.0 Å². The maximum Gasteiger partial charge on any atom is 0.323 e. The Labute approximate surface area is 70.0 Å². The van der Waals surface area contributed by atoms with Crippen LogP contribution in [-0.4, -0.2) is 40.5 Å². The van der Waals surface area contributed by atoms with Crippen molar-refractivity contribution in [1.82, 2.24) is 5.32 Å². The van der Waals surface area contributed by atoms with Crippen LogP contribution in [0, 0.1) is 0 Å². The van der Waals surface area contributed by atoms with Gasteiger partial charge in [0.05, 0.1) is 12.0 Å². The van der Waals surface area contributed by atoms with Crippen LogP contribution >= 0.6 is 11.8 Å². The largest absolute Gasteiger partial charge is 0.480 e. The molecule has 2 atom stereocenters. The molecule has 0 aromatic carbocycles. The summed E-state index contributed by atoms with van der Waals surface area (Å²) in [6.45, 7) is 1.47. The normalized spacial score (nSPS) is 15.9. The van der Waals surface area contributed by atoms with Crippen molar-refractivity contribution in [2.75, 3.05) is 12.9 Å². The Hall–Kier alpha value is -0.260. The van der Waals surface area contributed by atoms with Gasteiger partial charge < -0.3 is 10.2 Å². The highest BCUT2D eigenvalue weighted by atomic mass is 32.2. The van der Waals surface area contributed by atoms with Crippen LogP contribution in [0.2, 0.25) is 0 Å². The summed E-state index contributed by atoms with van der Waals surface area (Å²) in [6, 6.07) is -0.850. The van der Waals surface area contributed by atoms with E-state index in [9.17, 15) is 4.79 Å². The molecule has 0 saturated carbocycles. The molecule has 0 aliphatic heterocycles. The Morgan fingerprint density at radius 1 is 1.73 bits per heavy atom. The molecule has 0 radical (unpaired) electrons. The van der Waals surface area contributed by atoms with E-state index in [1.807, 2.05) is 13.2 Å². The lowest BCUT2D eigenvalue weighted by Crippen LogP contribution is -2.43. The van der Waals surface area contributed by atoms with Gasteiger partial charge in [-0.05, 0) is 13.2 Å². The van der Waals surface area contributed by atoms with Crippen molar-refractivity contribution in [1.29, 1.82) is 0 Å². The Morgan fingerprint density at radius 2 is 2.27 bits per heavy atom. The molecule has 66 valence electrons. The number of carboxylic acids is 1. The Bertz CT molecular complexity index is 131. The second kappa shape index (κ2) is 5.40. The van der Waals surface area contributed by atoms with E-state index in [1.165, 1.54) is 11.8 Å². The molecular weight excluding hydrogens is 166 g/mol. The molecule has 2 unspecified atom stereocenters. The van der Waals surface area contributed by atoms with Crippen molar-refractivity contribution in [3.05, 3.63) is 0 Å². The van der Waals surface area contributed by atoms with Gasteiger partial charge in [-0.1, -0.05) is 0 Å². The molecule has 0 amide bonds. The minimum atomic E-state index is -1.02. The summed E-state index contributed by atoms with van der Waals surface area (Å²) < 4.78 is 0. The van der Waals surface area contributed by atoms with Gasteiger partial charge in [-0.25, -0.2) is 0 Å². The molecule has 3 N–H and O–H groups in total. The SMILES string of the molecule is CSC(C)NC(CO)C(=O)O. The van der Waals surface area contributed by atoms with Crippen LogP contribution in [0.5, 0.6) is 0 Å². The van der Waals surface area contributed by atoms with E-state index in [0.717, 1.165) is 0 Å². The van der Waals surface area contributed by atoms with Gasteiger partial charge in [0.1, 0.15) is 6.04 Å². The molecule has 0 aliphatic rings. The molecule has 4 nitrogen and oxygen atoms in total. The van der Waals surface area contributed by atoms with Crippen LogP contribution in [0.1, 0.15) is 6.92 Å². The van der Waals surface area contributed by atoms with Crippen LogP contribution in [0.3, 0.4) is 0 Å². The highest BCUT2D eigenvalue weighted by Gasteiger charge is 2.17. The quantitative estimate of drug-likeness (QED) is 0.507. The summed E-state index contributed by atoms with van der Waals surface area (Å²) in [6.07, 6.45) is 1.87. The second-order valence-corrected chi connectivity index (χ2v) is 3.30. The maximum atomic E-state index is 10.4. The van der Waals surface area contributed by atoms with Crippen LogP contribution in [0.15, 0.2) is 0 Å². The maximum absolute atomic E-state index is 10.4. The zero-order valence-electron chi connectivity index (χ0n) is 6.57. The van der Waals surface area contributed by atoms with Crippen molar-refractivity contribution >= 4 is 17.7 Å².